The molecule has 26 heavy (non-hydrogen) atoms. The molecule has 134 valence electrons. The van der Waals surface area contributed by atoms with Gasteiger partial charge in [-0.25, -0.2) is 4.98 Å². The Bertz CT molecular complexity index is 1050. The number of aryl methyl sites for hydroxylation is 1. The fourth-order valence-corrected chi connectivity index (χ4v) is 3.61. The largest absolute Gasteiger partial charge is 0.358 e. The lowest BCUT2D eigenvalue weighted by Crippen LogP contribution is -2.21. The summed E-state index contributed by atoms with van der Waals surface area (Å²) in [6.45, 7) is 1.62. The lowest BCUT2D eigenvalue weighted by Gasteiger charge is -2.10. The Labute approximate surface area is 157 Å². The maximum atomic E-state index is 12.7. The van der Waals surface area contributed by atoms with Crippen molar-refractivity contribution >= 4 is 43.4 Å². The number of para-hydroxylation sites is 1. The molecule has 0 atom stereocenters. The van der Waals surface area contributed by atoms with E-state index >= 15 is 0 Å². The van der Waals surface area contributed by atoms with Crippen molar-refractivity contribution in [3.05, 3.63) is 64.5 Å². The van der Waals surface area contributed by atoms with Gasteiger partial charge in [-0.05, 0) is 47.1 Å². The van der Waals surface area contributed by atoms with Crippen LogP contribution in [0.4, 0.5) is 11.5 Å². The standard InChI is InChI=1S/C16H13BrN4O4S/c1-10-13(17)14(20-25-10)21-26(23,24)16-12(8-5-9-18-16)15(22)19-11-6-3-2-4-7-11/h2-9H,1H3,(H,19,22)(H,20,21). The summed E-state index contributed by atoms with van der Waals surface area (Å²) in [4.78, 5) is 16.4. The first-order chi connectivity index (χ1) is 12.4. The van der Waals surface area contributed by atoms with Crippen molar-refractivity contribution in [3.8, 4) is 0 Å². The number of benzene rings is 1. The Morgan fingerprint density at radius 3 is 2.54 bits per heavy atom. The van der Waals surface area contributed by atoms with Crippen molar-refractivity contribution < 1.29 is 17.7 Å². The summed E-state index contributed by atoms with van der Waals surface area (Å²) in [6, 6.07) is 11.5. The number of anilines is 2. The van der Waals surface area contributed by atoms with E-state index in [0.717, 1.165) is 0 Å². The van der Waals surface area contributed by atoms with Crippen LogP contribution in [0.1, 0.15) is 16.1 Å². The number of nitrogens with one attached hydrogen (secondary N) is 2. The van der Waals surface area contributed by atoms with Crippen LogP contribution in [-0.2, 0) is 10.0 Å². The molecule has 0 saturated heterocycles. The Kier molecular flexibility index (Phi) is 5.05. The molecule has 0 saturated carbocycles. The average Bonchev–Trinajstić information content (AvgIpc) is 2.94. The summed E-state index contributed by atoms with van der Waals surface area (Å²) in [5, 5.41) is 5.85. The van der Waals surface area contributed by atoms with E-state index in [-0.39, 0.29) is 11.4 Å². The zero-order valence-corrected chi connectivity index (χ0v) is 15.8. The topological polar surface area (TPSA) is 114 Å². The highest BCUT2D eigenvalue weighted by Gasteiger charge is 2.26. The van der Waals surface area contributed by atoms with Gasteiger partial charge >= 0.3 is 0 Å². The minimum absolute atomic E-state index is 0.0254. The molecule has 3 rings (SSSR count). The molecule has 3 aromatic rings. The summed E-state index contributed by atoms with van der Waals surface area (Å²) < 4.78 is 32.9. The first-order valence-electron chi connectivity index (χ1n) is 7.34. The van der Waals surface area contributed by atoms with E-state index in [1.165, 1.54) is 18.3 Å². The maximum absolute atomic E-state index is 12.7. The molecular weight excluding hydrogens is 424 g/mol. The van der Waals surface area contributed by atoms with Crippen molar-refractivity contribution in [2.75, 3.05) is 10.0 Å². The van der Waals surface area contributed by atoms with Gasteiger partial charge in [0.1, 0.15) is 10.2 Å². The fraction of sp³-hybridized carbons (Fsp3) is 0.0625. The minimum atomic E-state index is -4.16. The smallest absolute Gasteiger partial charge is 0.281 e. The number of carbonyl (C=O) groups excluding carboxylic acids is 1. The molecule has 8 nitrogen and oxygen atoms in total. The van der Waals surface area contributed by atoms with Crippen LogP contribution in [-0.4, -0.2) is 24.5 Å². The second kappa shape index (κ2) is 7.26. The van der Waals surface area contributed by atoms with Crippen molar-refractivity contribution in [2.24, 2.45) is 0 Å². The first kappa shape index (κ1) is 18.1. The predicted octanol–water partition coefficient (Wildman–Crippen LogP) is 3.19. The lowest BCUT2D eigenvalue weighted by atomic mass is 10.2. The van der Waals surface area contributed by atoms with Crippen LogP contribution in [0, 0.1) is 6.92 Å². The molecule has 1 amide bonds. The summed E-state index contributed by atoms with van der Waals surface area (Å²) in [5.41, 5.74) is 0.438. The average molecular weight is 437 g/mol. The zero-order chi connectivity index (χ0) is 18.7. The minimum Gasteiger partial charge on any atom is -0.358 e. The van der Waals surface area contributed by atoms with E-state index in [9.17, 15) is 13.2 Å². The number of hydrogen-bond acceptors (Lipinski definition) is 6. The van der Waals surface area contributed by atoms with Crippen molar-refractivity contribution in [1.29, 1.82) is 0 Å². The second-order valence-corrected chi connectivity index (χ2v) is 7.57. The molecule has 2 heterocycles. The van der Waals surface area contributed by atoms with Gasteiger partial charge in [0.15, 0.2) is 10.8 Å². The molecule has 2 N–H and O–H groups in total. The Morgan fingerprint density at radius 1 is 1.15 bits per heavy atom. The van der Waals surface area contributed by atoms with Crippen LogP contribution in [0.3, 0.4) is 0 Å². The third kappa shape index (κ3) is 3.75. The molecular formula is C16H13BrN4O4S. The van der Waals surface area contributed by atoms with Crippen LogP contribution < -0.4 is 10.0 Å². The van der Waals surface area contributed by atoms with Gasteiger partial charge in [0.2, 0.25) is 0 Å². The van der Waals surface area contributed by atoms with E-state index in [4.69, 9.17) is 4.52 Å². The van der Waals surface area contributed by atoms with Gasteiger partial charge < -0.3 is 9.84 Å². The van der Waals surface area contributed by atoms with Gasteiger partial charge in [-0.2, -0.15) is 8.42 Å². The van der Waals surface area contributed by atoms with Crippen LogP contribution in [0.2, 0.25) is 0 Å². The molecule has 0 fully saturated rings. The van der Waals surface area contributed by atoms with Gasteiger partial charge in [-0.15, -0.1) is 0 Å². The number of aromatic nitrogens is 2. The number of sulfonamides is 1. The molecule has 0 aliphatic rings. The zero-order valence-electron chi connectivity index (χ0n) is 13.4. The van der Waals surface area contributed by atoms with Crippen LogP contribution in [0.15, 0.2) is 62.7 Å². The number of nitrogens with zero attached hydrogens (tertiary/aromatic N) is 2. The highest BCUT2D eigenvalue weighted by atomic mass is 79.9. The third-order valence-electron chi connectivity index (χ3n) is 3.32. The quantitative estimate of drug-likeness (QED) is 0.634. The Balaban J connectivity index is 1.93. The fourth-order valence-electron chi connectivity index (χ4n) is 2.10. The number of rotatable bonds is 5. The number of hydrogen-bond donors (Lipinski definition) is 2. The van der Waals surface area contributed by atoms with E-state index < -0.39 is 21.0 Å². The monoisotopic (exact) mass is 436 g/mol. The van der Waals surface area contributed by atoms with Crippen LogP contribution in [0.25, 0.3) is 0 Å². The van der Waals surface area contributed by atoms with Gasteiger partial charge in [0.25, 0.3) is 15.9 Å². The summed E-state index contributed by atoms with van der Waals surface area (Å²) >= 11 is 3.18. The Hall–Kier alpha value is -2.72. The highest BCUT2D eigenvalue weighted by Crippen LogP contribution is 2.27. The number of pyridine rings is 1. The van der Waals surface area contributed by atoms with E-state index in [1.54, 1.807) is 37.3 Å². The lowest BCUT2D eigenvalue weighted by molar-refractivity contribution is 0.102. The maximum Gasteiger partial charge on any atom is 0.281 e. The van der Waals surface area contributed by atoms with E-state index in [2.05, 4.69) is 36.1 Å². The number of carbonyl (C=O) groups is 1. The molecule has 10 heteroatoms. The molecule has 0 unspecified atom stereocenters. The van der Waals surface area contributed by atoms with Gasteiger partial charge in [0.05, 0.1) is 5.56 Å². The van der Waals surface area contributed by atoms with Gasteiger partial charge in [-0.3, -0.25) is 9.52 Å². The molecule has 0 spiro atoms. The number of amides is 1. The number of halogens is 1. The van der Waals surface area contributed by atoms with Gasteiger partial charge in [-0.1, -0.05) is 23.4 Å². The Morgan fingerprint density at radius 2 is 1.88 bits per heavy atom. The van der Waals surface area contributed by atoms with Crippen molar-refractivity contribution in [3.63, 3.8) is 0 Å². The SMILES string of the molecule is Cc1onc(NS(=O)(=O)c2ncccc2C(=O)Nc2ccccc2)c1Br. The normalized spacial score (nSPS) is 11.2. The molecule has 0 aliphatic heterocycles. The van der Waals surface area contributed by atoms with Crippen LogP contribution >= 0.6 is 15.9 Å². The van der Waals surface area contributed by atoms with Crippen molar-refractivity contribution in [2.45, 2.75) is 11.9 Å². The molecule has 0 bridgehead atoms. The van der Waals surface area contributed by atoms with Crippen molar-refractivity contribution in [1.82, 2.24) is 10.1 Å². The molecule has 2 aromatic heterocycles. The first-order valence-corrected chi connectivity index (χ1v) is 9.62. The predicted molar refractivity (Wildman–Crippen MR) is 98.4 cm³/mol. The molecule has 0 aliphatic carbocycles. The third-order valence-corrected chi connectivity index (χ3v) is 5.55. The van der Waals surface area contributed by atoms with E-state index in [1.807, 2.05) is 0 Å². The summed E-state index contributed by atoms with van der Waals surface area (Å²) in [5.74, 6) is -0.214. The highest BCUT2D eigenvalue weighted by molar-refractivity contribution is 9.10. The summed E-state index contributed by atoms with van der Waals surface area (Å²) in [7, 11) is -4.16. The molecule has 0 radical (unpaired) electrons. The van der Waals surface area contributed by atoms with Gasteiger partial charge in [0, 0.05) is 11.9 Å². The molecule has 1 aromatic carbocycles. The second-order valence-electron chi connectivity index (χ2n) is 5.18. The van der Waals surface area contributed by atoms with Crippen LogP contribution in [0.5, 0.6) is 0 Å². The summed E-state index contributed by atoms with van der Waals surface area (Å²) in [6.07, 6.45) is 1.29. The van der Waals surface area contributed by atoms with E-state index in [0.29, 0.717) is 15.9 Å².